The molecule has 3 rings (SSSR count). The van der Waals surface area contributed by atoms with Crippen LogP contribution in [0.1, 0.15) is 44.9 Å². The minimum absolute atomic E-state index is 0. The van der Waals surface area contributed by atoms with Crippen molar-refractivity contribution in [2.75, 3.05) is 52.6 Å². The molecule has 3 aliphatic rings. The molecule has 0 atom stereocenters. The molecule has 0 radical (unpaired) electrons. The van der Waals surface area contributed by atoms with Crippen LogP contribution in [0.25, 0.3) is 0 Å². The zero-order valence-electron chi connectivity index (χ0n) is 15.3. The average molecular weight is 376 g/mol. The molecule has 2 saturated heterocycles. The molecule has 3 N–H and O–H groups in total. The number of rotatable bonds is 5. The van der Waals surface area contributed by atoms with Crippen LogP contribution in [0.3, 0.4) is 0 Å². The van der Waals surface area contributed by atoms with E-state index in [9.17, 15) is 4.79 Å². The van der Waals surface area contributed by atoms with E-state index in [0.29, 0.717) is 19.8 Å². The van der Waals surface area contributed by atoms with Gasteiger partial charge in [-0.2, -0.15) is 0 Å². The summed E-state index contributed by atoms with van der Waals surface area (Å²) < 4.78 is 11.0. The molecule has 25 heavy (non-hydrogen) atoms. The van der Waals surface area contributed by atoms with Crippen molar-refractivity contribution in [3.8, 4) is 0 Å². The Morgan fingerprint density at radius 1 is 0.960 bits per heavy atom. The Morgan fingerprint density at radius 2 is 1.56 bits per heavy atom. The van der Waals surface area contributed by atoms with E-state index in [1.807, 2.05) is 0 Å². The predicted octanol–water partition coefficient (Wildman–Crippen LogP) is 1.31. The first-order chi connectivity index (χ1) is 11.7. The molecule has 0 unspecified atom stereocenters. The van der Waals surface area contributed by atoms with Gasteiger partial charge < -0.3 is 20.5 Å². The van der Waals surface area contributed by atoms with Crippen LogP contribution in [0.2, 0.25) is 0 Å². The van der Waals surface area contributed by atoms with Crippen molar-refractivity contribution in [2.24, 2.45) is 11.1 Å². The molecule has 0 aromatic rings. The summed E-state index contributed by atoms with van der Waals surface area (Å²) in [4.78, 5) is 15.5. The predicted molar refractivity (Wildman–Crippen MR) is 100 cm³/mol. The van der Waals surface area contributed by atoms with Gasteiger partial charge in [0.25, 0.3) is 0 Å². The lowest BCUT2D eigenvalue weighted by molar-refractivity contribution is -0.137. The molecule has 6 nitrogen and oxygen atoms in total. The average Bonchev–Trinajstić information content (AvgIpc) is 2.68. The molecular weight excluding hydrogens is 342 g/mol. The molecular formula is C18H34ClN3O3. The molecule has 3 fully saturated rings. The van der Waals surface area contributed by atoms with Crippen LogP contribution in [0.4, 0.5) is 0 Å². The number of amides is 1. The number of ether oxygens (including phenoxy) is 2. The number of morpholine rings is 1. The van der Waals surface area contributed by atoms with E-state index >= 15 is 0 Å². The number of nitrogens with zero attached hydrogens (tertiary/aromatic N) is 1. The van der Waals surface area contributed by atoms with E-state index in [-0.39, 0.29) is 23.9 Å². The highest BCUT2D eigenvalue weighted by Crippen LogP contribution is 2.35. The number of nitrogens with two attached hydrogens (primary N) is 1. The van der Waals surface area contributed by atoms with E-state index in [2.05, 4.69) is 10.2 Å². The van der Waals surface area contributed by atoms with Gasteiger partial charge in [-0.25, -0.2) is 0 Å². The Bertz CT molecular complexity index is 418. The second kappa shape index (κ2) is 9.51. The van der Waals surface area contributed by atoms with Gasteiger partial charge in [-0.15, -0.1) is 12.4 Å². The van der Waals surface area contributed by atoms with Gasteiger partial charge in [0.1, 0.15) is 0 Å². The highest BCUT2D eigenvalue weighted by molar-refractivity contribution is 5.85. The Labute approximate surface area is 157 Å². The van der Waals surface area contributed by atoms with Crippen LogP contribution in [0.15, 0.2) is 0 Å². The summed E-state index contributed by atoms with van der Waals surface area (Å²) in [5.74, 6) is 0.131. The summed E-state index contributed by atoms with van der Waals surface area (Å²) in [6.07, 6.45) is 7.63. The van der Waals surface area contributed by atoms with Crippen molar-refractivity contribution in [2.45, 2.75) is 50.5 Å². The van der Waals surface area contributed by atoms with Crippen LogP contribution >= 0.6 is 12.4 Å². The van der Waals surface area contributed by atoms with Crippen molar-refractivity contribution in [1.29, 1.82) is 0 Å². The Morgan fingerprint density at radius 3 is 2.16 bits per heavy atom. The molecule has 1 amide bonds. The standard InChI is InChI=1S/C18H33N3O3.ClH/c19-14-17(6-10-23-11-7-17)16(22)20-15-18(4-2-1-3-5-18)21-8-12-24-13-9-21;/h1-15,19H2,(H,20,22);1H. The fourth-order valence-electron chi connectivity index (χ4n) is 4.57. The lowest BCUT2D eigenvalue weighted by Gasteiger charge is -2.48. The minimum atomic E-state index is -0.431. The van der Waals surface area contributed by atoms with Crippen LogP contribution < -0.4 is 11.1 Å². The molecule has 1 saturated carbocycles. The quantitative estimate of drug-likeness (QED) is 0.757. The third-order valence-electron chi connectivity index (χ3n) is 6.37. The molecule has 7 heteroatoms. The third-order valence-corrected chi connectivity index (χ3v) is 6.37. The second-order valence-corrected chi connectivity index (χ2v) is 7.66. The first-order valence-corrected chi connectivity index (χ1v) is 9.60. The number of halogens is 1. The summed E-state index contributed by atoms with van der Waals surface area (Å²) in [6.45, 7) is 6.00. The molecule has 146 valence electrons. The topological polar surface area (TPSA) is 76.8 Å². The highest BCUT2D eigenvalue weighted by Gasteiger charge is 2.42. The van der Waals surface area contributed by atoms with Gasteiger partial charge in [-0.1, -0.05) is 19.3 Å². The lowest BCUT2D eigenvalue weighted by Crippen LogP contribution is -2.61. The molecule has 1 aliphatic carbocycles. The Balaban J connectivity index is 0.00000225. The maximum atomic E-state index is 12.9. The van der Waals surface area contributed by atoms with Gasteiger partial charge in [-0.05, 0) is 25.7 Å². The van der Waals surface area contributed by atoms with Crippen molar-refractivity contribution in [3.63, 3.8) is 0 Å². The maximum absolute atomic E-state index is 12.9. The fourth-order valence-corrected chi connectivity index (χ4v) is 4.57. The molecule has 2 aliphatic heterocycles. The van der Waals surface area contributed by atoms with Gasteiger partial charge in [0, 0.05) is 44.9 Å². The van der Waals surface area contributed by atoms with Gasteiger partial charge in [0.15, 0.2) is 0 Å². The molecule has 0 spiro atoms. The molecule has 2 heterocycles. The summed E-state index contributed by atoms with van der Waals surface area (Å²) in [5.41, 5.74) is 5.66. The number of carbonyl (C=O) groups excluding carboxylic acids is 1. The van der Waals surface area contributed by atoms with E-state index < -0.39 is 5.41 Å². The lowest BCUT2D eigenvalue weighted by atomic mass is 9.77. The maximum Gasteiger partial charge on any atom is 0.227 e. The van der Waals surface area contributed by atoms with Gasteiger partial charge in [-0.3, -0.25) is 9.69 Å². The Kier molecular flexibility index (Phi) is 7.95. The number of carbonyl (C=O) groups is 1. The monoisotopic (exact) mass is 375 g/mol. The Hall–Kier alpha value is -0.400. The molecule has 0 aromatic heterocycles. The SMILES string of the molecule is Cl.NCC1(C(=O)NCC2(N3CCOCC3)CCCCC2)CCOCC1. The number of hydrogen-bond donors (Lipinski definition) is 2. The molecule has 0 aromatic carbocycles. The summed E-state index contributed by atoms with van der Waals surface area (Å²) >= 11 is 0. The van der Waals surface area contributed by atoms with Crippen LogP contribution in [0, 0.1) is 5.41 Å². The summed E-state index contributed by atoms with van der Waals surface area (Å²) in [6, 6.07) is 0. The largest absolute Gasteiger partial charge is 0.381 e. The molecule has 0 bridgehead atoms. The smallest absolute Gasteiger partial charge is 0.227 e. The third kappa shape index (κ3) is 4.66. The summed E-state index contributed by atoms with van der Waals surface area (Å²) in [7, 11) is 0. The van der Waals surface area contributed by atoms with Gasteiger partial charge in [0.05, 0.1) is 18.6 Å². The first kappa shape index (κ1) is 20.9. The van der Waals surface area contributed by atoms with Gasteiger partial charge in [0.2, 0.25) is 5.91 Å². The minimum Gasteiger partial charge on any atom is -0.381 e. The van der Waals surface area contributed by atoms with Gasteiger partial charge >= 0.3 is 0 Å². The normalized spacial score (nSPS) is 26.4. The summed E-state index contributed by atoms with van der Waals surface area (Å²) in [5, 5.41) is 3.30. The van der Waals surface area contributed by atoms with E-state index in [4.69, 9.17) is 15.2 Å². The zero-order valence-corrected chi connectivity index (χ0v) is 16.1. The van der Waals surface area contributed by atoms with Crippen LogP contribution in [-0.2, 0) is 14.3 Å². The first-order valence-electron chi connectivity index (χ1n) is 9.60. The van der Waals surface area contributed by atoms with Crippen molar-refractivity contribution in [1.82, 2.24) is 10.2 Å². The fraction of sp³-hybridized carbons (Fsp3) is 0.944. The van der Waals surface area contributed by atoms with E-state index in [0.717, 1.165) is 45.7 Å². The van der Waals surface area contributed by atoms with Crippen LogP contribution in [0.5, 0.6) is 0 Å². The van der Waals surface area contributed by atoms with Crippen molar-refractivity contribution < 1.29 is 14.3 Å². The van der Waals surface area contributed by atoms with Crippen molar-refractivity contribution in [3.05, 3.63) is 0 Å². The number of hydrogen-bond acceptors (Lipinski definition) is 5. The van der Waals surface area contributed by atoms with Crippen molar-refractivity contribution >= 4 is 18.3 Å². The highest BCUT2D eigenvalue weighted by atomic mass is 35.5. The van der Waals surface area contributed by atoms with E-state index in [1.165, 1.54) is 32.1 Å². The van der Waals surface area contributed by atoms with E-state index in [1.54, 1.807) is 0 Å². The number of nitrogens with one attached hydrogen (secondary N) is 1. The zero-order chi connectivity index (χ0) is 16.9. The van der Waals surface area contributed by atoms with Crippen LogP contribution in [-0.4, -0.2) is 69.0 Å². The second-order valence-electron chi connectivity index (χ2n) is 7.66.